The molecule has 4 N–H and O–H groups in total. The zero-order chi connectivity index (χ0) is 22.5. The summed E-state index contributed by atoms with van der Waals surface area (Å²) in [4.78, 5) is 34.2. The number of anilines is 2. The second kappa shape index (κ2) is 9.51. The number of carbonyl (C=O) groups is 2. The number of nitrogens with zero attached hydrogens (tertiary/aromatic N) is 3. The maximum absolute atomic E-state index is 12.0. The topological polar surface area (TPSA) is 119 Å². The van der Waals surface area contributed by atoms with Crippen molar-refractivity contribution in [2.24, 2.45) is 0 Å². The van der Waals surface area contributed by atoms with Crippen LogP contribution in [0.3, 0.4) is 0 Å². The zero-order valence-corrected chi connectivity index (χ0v) is 17.9. The zero-order valence-electron chi connectivity index (χ0n) is 17.9. The molecule has 0 bridgehead atoms. The van der Waals surface area contributed by atoms with E-state index in [1.165, 1.54) is 12.8 Å². The molecule has 0 aliphatic carbocycles. The number of benzene rings is 1. The number of amides is 3. The van der Waals surface area contributed by atoms with Gasteiger partial charge in [0.25, 0.3) is 0 Å². The monoisotopic (exact) mass is 434 g/mol. The van der Waals surface area contributed by atoms with Crippen LogP contribution in [-0.4, -0.2) is 46.8 Å². The molecule has 3 aromatic rings. The van der Waals surface area contributed by atoms with Gasteiger partial charge in [-0.3, -0.25) is 5.32 Å². The van der Waals surface area contributed by atoms with Crippen molar-refractivity contribution in [1.29, 1.82) is 0 Å². The summed E-state index contributed by atoms with van der Waals surface area (Å²) in [7, 11) is 0. The normalized spacial score (nSPS) is 13.2. The first-order chi connectivity index (χ1) is 15.5. The number of hydrogen-bond acceptors (Lipinski definition) is 5. The summed E-state index contributed by atoms with van der Waals surface area (Å²) >= 11 is 0. The van der Waals surface area contributed by atoms with Crippen molar-refractivity contribution >= 4 is 34.5 Å². The Morgan fingerprint density at radius 1 is 1.06 bits per heavy atom. The fourth-order valence-corrected chi connectivity index (χ4v) is 3.97. The highest BCUT2D eigenvalue weighted by Crippen LogP contribution is 2.33. The largest absolute Gasteiger partial charge is 0.465 e. The van der Waals surface area contributed by atoms with Gasteiger partial charge in [0.15, 0.2) is 0 Å². The lowest BCUT2D eigenvalue weighted by Crippen LogP contribution is -2.28. The molecule has 3 amide bonds. The maximum Gasteiger partial charge on any atom is 0.404 e. The van der Waals surface area contributed by atoms with Crippen LogP contribution >= 0.6 is 0 Å². The van der Waals surface area contributed by atoms with E-state index >= 15 is 0 Å². The van der Waals surface area contributed by atoms with Crippen molar-refractivity contribution in [3.05, 3.63) is 48.3 Å². The molecule has 0 unspecified atom stereocenters. The average Bonchev–Trinajstić information content (AvgIpc) is 3.32. The fourth-order valence-electron chi connectivity index (χ4n) is 3.97. The molecule has 2 aromatic heterocycles. The molecule has 0 spiro atoms. The third-order valence-corrected chi connectivity index (χ3v) is 5.49. The highest BCUT2D eigenvalue weighted by atomic mass is 16.4. The van der Waals surface area contributed by atoms with E-state index in [4.69, 9.17) is 5.11 Å². The Hall–Kier alpha value is -3.88. The lowest BCUT2D eigenvalue weighted by atomic mass is 9.96. The van der Waals surface area contributed by atoms with Crippen molar-refractivity contribution in [2.75, 3.05) is 29.9 Å². The van der Waals surface area contributed by atoms with Crippen LogP contribution in [0.5, 0.6) is 0 Å². The molecule has 1 aliphatic heterocycles. The number of aromatic nitrogens is 2. The Balaban J connectivity index is 1.78. The smallest absolute Gasteiger partial charge is 0.404 e. The van der Waals surface area contributed by atoms with Crippen LogP contribution in [0.25, 0.3) is 21.9 Å². The summed E-state index contributed by atoms with van der Waals surface area (Å²) < 4.78 is 0. The molecule has 0 radical (unpaired) electrons. The molecule has 1 aliphatic rings. The molecule has 1 saturated heterocycles. The number of urea groups is 1. The minimum Gasteiger partial charge on any atom is -0.465 e. The Labute approximate surface area is 185 Å². The summed E-state index contributed by atoms with van der Waals surface area (Å²) in [6.45, 7) is 4.51. The summed E-state index contributed by atoms with van der Waals surface area (Å²) in [5.41, 5.74) is 2.76. The first-order valence-electron chi connectivity index (χ1n) is 10.7. The minimum atomic E-state index is -1.09. The Bertz CT molecular complexity index is 1140. The average molecular weight is 435 g/mol. The standard InChI is InChI=1S/C23H26N6O3/c1-2-24-22(30)28-20-12-18-17(6-5-16(13-27-23(31)32)19(18)14-26-20)15-7-8-25-21(11-15)29-9-3-4-10-29/h5-8,11-12,14,27H,2-4,9-10,13H2,1H3,(H,31,32)(H2,24,26,28,30). The predicted molar refractivity (Wildman–Crippen MR) is 124 cm³/mol. The molecule has 0 saturated carbocycles. The van der Waals surface area contributed by atoms with Gasteiger partial charge in [-0.25, -0.2) is 19.6 Å². The van der Waals surface area contributed by atoms with E-state index in [9.17, 15) is 9.59 Å². The first kappa shape index (κ1) is 21.4. The van der Waals surface area contributed by atoms with Crippen LogP contribution in [0, 0.1) is 0 Å². The number of carbonyl (C=O) groups excluding carboxylic acids is 1. The summed E-state index contributed by atoms with van der Waals surface area (Å²) in [6, 6.07) is 9.40. The summed E-state index contributed by atoms with van der Waals surface area (Å²) in [6.07, 6.45) is 4.72. The molecular formula is C23H26N6O3. The maximum atomic E-state index is 12.0. The van der Waals surface area contributed by atoms with Gasteiger partial charge < -0.3 is 20.6 Å². The van der Waals surface area contributed by atoms with E-state index in [1.807, 2.05) is 37.4 Å². The van der Waals surface area contributed by atoms with Crippen LogP contribution in [-0.2, 0) is 6.54 Å². The number of fused-ring (bicyclic) bond motifs is 1. The second-order valence-electron chi connectivity index (χ2n) is 7.63. The SMILES string of the molecule is CCNC(=O)Nc1cc2c(-c3ccnc(N4CCCC4)c3)ccc(CNC(=O)O)c2cn1. The Morgan fingerprint density at radius 2 is 1.88 bits per heavy atom. The minimum absolute atomic E-state index is 0.159. The molecule has 9 heteroatoms. The van der Waals surface area contributed by atoms with E-state index in [2.05, 4.69) is 36.9 Å². The predicted octanol–water partition coefficient (Wildman–Crippen LogP) is 3.81. The molecule has 9 nitrogen and oxygen atoms in total. The number of nitrogens with one attached hydrogen (secondary N) is 3. The van der Waals surface area contributed by atoms with Gasteiger partial charge >= 0.3 is 12.1 Å². The van der Waals surface area contributed by atoms with Crippen LogP contribution in [0.1, 0.15) is 25.3 Å². The fraction of sp³-hybridized carbons (Fsp3) is 0.304. The van der Waals surface area contributed by atoms with Gasteiger partial charge in [-0.2, -0.15) is 0 Å². The lowest BCUT2D eigenvalue weighted by Gasteiger charge is -2.18. The van der Waals surface area contributed by atoms with Gasteiger partial charge in [0.1, 0.15) is 11.6 Å². The third kappa shape index (κ3) is 4.72. The van der Waals surface area contributed by atoms with Crippen molar-refractivity contribution < 1.29 is 14.7 Å². The van der Waals surface area contributed by atoms with Crippen molar-refractivity contribution in [2.45, 2.75) is 26.3 Å². The number of hydrogen-bond donors (Lipinski definition) is 4. The summed E-state index contributed by atoms with van der Waals surface area (Å²) in [5, 5.41) is 18.6. The molecule has 32 heavy (non-hydrogen) atoms. The molecule has 3 heterocycles. The van der Waals surface area contributed by atoms with Gasteiger partial charge in [0, 0.05) is 44.0 Å². The van der Waals surface area contributed by atoms with Crippen molar-refractivity contribution in [3.8, 4) is 11.1 Å². The van der Waals surface area contributed by atoms with Crippen LogP contribution in [0.4, 0.5) is 21.2 Å². The molecule has 1 fully saturated rings. The third-order valence-electron chi connectivity index (χ3n) is 5.49. The molecular weight excluding hydrogens is 408 g/mol. The van der Waals surface area contributed by atoms with E-state index in [1.54, 1.807) is 6.20 Å². The number of carboxylic acid groups (broad SMARTS) is 1. The molecule has 1 aromatic carbocycles. The molecule has 0 atom stereocenters. The van der Waals surface area contributed by atoms with Gasteiger partial charge in [0.05, 0.1) is 0 Å². The van der Waals surface area contributed by atoms with E-state index < -0.39 is 6.09 Å². The van der Waals surface area contributed by atoms with Crippen LogP contribution in [0.15, 0.2) is 42.7 Å². The van der Waals surface area contributed by atoms with Gasteiger partial charge in [-0.15, -0.1) is 0 Å². The Kier molecular flexibility index (Phi) is 6.34. The second-order valence-corrected chi connectivity index (χ2v) is 7.63. The highest BCUT2D eigenvalue weighted by Gasteiger charge is 2.16. The molecule has 4 rings (SSSR count). The van der Waals surface area contributed by atoms with Crippen LogP contribution < -0.4 is 20.9 Å². The van der Waals surface area contributed by atoms with Crippen molar-refractivity contribution in [1.82, 2.24) is 20.6 Å². The summed E-state index contributed by atoms with van der Waals surface area (Å²) in [5.74, 6) is 1.36. The number of pyridine rings is 2. The number of rotatable bonds is 6. The van der Waals surface area contributed by atoms with E-state index in [-0.39, 0.29) is 12.6 Å². The molecule has 166 valence electrons. The van der Waals surface area contributed by atoms with Gasteiger partial charge in [0.2, 0.25) is 0 Å². The quantitative estimate of drug-likeness (QED) is 0.468. The van der Waals surface area contributed by atoms with E-state index in [0.29, 0.717) is 12.4 Å². The van der Waals surface area contributed by atoms with E-state index in [0.717, 1.165) is 46.4 Å². The van der Waals surface area contributed by atoms with Crippen molar-refractivity contribution in [3.63, 3.8) is 0 Å². The van der Waals surface area contributed by atoms with Gasteiger partial charge in [-0.05, 0) is 60.0 Å². The first-order valence-corrected chi connectivity index (χ1v) is 10.7. The highest BCUT2D eigenvalue weighted by molar-refractivity contribution is 6.01. The van der Waals surface area contributed by atoms with Crippen LogP contribution in [0.2, 0.25) is 0 Å². The lowest BCUT2D eigenvalue weighted by molar-refractivity contribution is 0.194. The Morgan fingerprint density at radius 3 is 2.62 bits per heavy atom. The van der Waals surface area contributed by atoms with Gasteiger partial charge in [-0.1, -0.05) is 12.1 Å².